The average Bonchev–Trinajstić information content (AvgIpc) is 2.97. The van der Waals surface area contributed by atoms with Crippen LogP contribution in [-0.4, -0.2) is 0 Å². The normalized spacial score (nSPS) is 11.6. The van der Waals surface area contributed by atoms with Crippen LogP contribution in [0.25, 0.3) is 22.6 Å². The molecule has 0 fully saturated rings. The van der Waals surface area contributed by atoms with Crippen molar-refractivity contribution in [1.82, 2.24) is 0 Å². The molecule has 3 rings (SSSR count). The molecule has 106 valence electrons. The Morgan fingerprint density at radius 1 is 0.619 bits per heavy atom. The Morgan fingerprint density at radius 2 is 1.14 bits per heavy atom. The summed E-state index contributed by atoms with van der Waals surface area (Å²) in [4.78, 5) is 0. The molecular formula is C17H11F3O. The van der Waals surface area contributed by atoms with E-state index in [1.165, 1.54) is 12.1 Å². The zero-order chi connectivity index (χ0) is 14.9. The molecule has 3 aromatic rings. The van der Waals surface area contributed by atoms with Crippen LogP contribution in [0.4, 0.5) is 13.2 Å². The lowest BCUT2D eigenvalue weighted by Crippen LogP contribution is -2.03. The highest BCUT2D eigenvalue weighted by atomic mass is 19.4. The maximum atomic E-state index is 12.5. The molecule has 0 aliphatic rings. The average molecular weight is 288 g/mol. The van der Waals surface area contributed by atoms with Crippen molar-refractivity contribution in [3.8, 4) is 22.6 Å². The van der Waals surface area contributed by atoms with Crippen LogP contribution in [0.1, 0.15) is 5.56 Å². The van der Waals surface area contributed by atoms with Gasteiger partial charge in [-0.1, -0.05) is 42.5 Å². The van der Waals surface area contributed by atoms with Crippen molar-refractivity contribution in [3.63, 3.8) is 0 Å². The zero-order valence-corrected chi connectivity index (χ0v) is 10.9. The second kappa shape index (κ2) is 5.13. The molecule has 21 heavy (non-hydrogen) atoms. The zero-order valence-electron chi connectivity index (χ0n) is 10.9. The highest BCUT2D eigenvalue weighted by Gasteiger charge is 2.30. The third-order valence-corrected chi connectivity index (χ3v) is 3.16. The van der Waals surface area contributed by atoms with E-state index in [2.05, 4.69) is 0 Å². The number of rotatable bonds is 2. The molecular weight excluding hydrogens is 277 g/mol. The first-order valence-corrected chi connectivity index (χ1v) is 6.37. The topological polar surface area (TPSA) is 13.1 Å². The first kappa shape index (κ1) is 13.5. The van der Waals surface area contributed by atoms with Crippen molar-refractivity contribution in [2.24, 2.45) is 0 Å². The number of furan rings is 1. The van der Waals surface area contributed by atoms with Gasteiger partial charge < -0.3 is 4.42 Å². The van der Waals surface area contributed by atoms with Gasteiger partial charge in [0.05, 0.1) is 5.56 Å². The molecule has 1 aromatic heterocycles. The summed E-state index contributed by atoms with van der Waals surface area (Å²) in [5.41, 5.74) is 0.877. The smallest absolute Gasteiger partial charge is 0.416 e. The Balaban J connectivity index is 1.90. The highest BCUT2D eigenvalue weighted by Crippen LogP contribution is 2.32. The Bertz CT molecular complexity index is 725. The third kappa shape index (κ3) is 2.84. The summed E-state index contributed by atoms with van der Waals surface area (Å²) in [6, 6.07) is 18.0. The fourth-order valence-corrected chi connectivity index (χ4v) is 2.07. The van der Waals surface area contributed by atoms with E-state index < -0.39 is 11.7 Å². The van der Waals surface area contributed by atoms with Gasteiger partial charge in [0.1, 0.15) is 11.5 Å². The van der Waals surface area contributed by atoms with Gasteiger partial charge in [-0.25, -0.2) is 0 Å². The van der Waals surface area contributed by atoms with Gasteiger partial charge in [0.2, 0.25) is 0 Å². The van der Waals surface area contributed by atoms with Gasteiger partial charge in [0, 0.05) is 11.1 Å². The van der Waals surface area contributed by atoms with Gasteiger partial charge in [0.15, 0.2) is 0 Å². The van der Waals surface area contributed by atoms with Crippen LogP contribution in [0.5, 0.6) is 0 Å². The maximum Gasteiger partial charge on any atom is 0.416 e. The summed E-state index contributed by atoms with van der Waals surface area (Å²) < 4.78 is 43.3. The lowest BCUT2D eigenvalue weighted by molar-refractivity contribution is -0.137. The van der Waals surface area contributed by atoms with Gasteiger partial charge >= 0.3 is 6.18 Å². The Morgan fingerprint density at radius 3 is 1.67 bits per heavy atom. The molecule has 2 aromatic carbocycles. The minimum absolute atomic E-state index is 0.544. The summed E-state index contributed by atoms with van der Waals surface area (Å²) in [6.07, 6.45) is -4.32. The second-order valence-corrected chi connectivity index (χ2v) is 4.61. The van der Waals surface area contributed by atoms with E-state index in [-0.39, 0.29) is 0 Å². The fraction of sp³-hybridized carbons (Fsp3) is 0.0588. The Hall–Kier alpha value is -2.49. The Kier molecular flexibility index (Phi) is 3.29. The lowest BCUT2D eigenvalue weighted by atomic mass is 10.1. The van der Waals surface area contributed by atoms with Gasteiger partial charge in [-0.05, 0) is 24.3 Å². The largest absolute Gasteiger partial charge is 0.456 e. The molecule has 1 heterocycles. The van der Waals surface area contributed by atoms with Crippen molar-refractivity contribution in [2.45, 2.75) is 6.18 Å². The van der Waals surface area contributed by atoms with Gasteiger partial charge in [-0.15, -0.1) is 0 Å². The van der Waals surface area contributed by atoms with Crippen molar-refractivity contribution >= 4 is 0 Å². The standard InChI is InChI=1S/C17H11F3O/c18-17(19,20)14-8-6-13(7-9-14)16-11-10-15(21-16)12-4-2-1-3-5-12/h1-11H. The molecule has 0 radical (unpaired) electrons. The van der Waals surface area contributed by atoms with Crippen LogP contribution in [0, 0.1) is 0 Å². The molecule has 0 saturated heterocycles. The fourth-order valence-electron chi connectivity index (χ4n) is 2.07. The monoisotopic (exact) mass is 288 g/mol. The van der Waals surface area contributed by atoms with Crippen molar-refractivity contribution < 1.29 is 17.6 Å². The Labute approximate surface area is 119 Å². The quantitative estimate of drug-likeness (QED) is 0.595. The van der Waals surface area contributed by atoms with Gasteiger partial charge in [-0.3, -0.25) is 0 Å². The van der Waals surface area contributed by atoms with E-state index in [1.54, 1.807) is 6.07 Å². The first-order chi connectivity index (χ1) is 10.0. The summed E-state index contributed by atoms with van der Waals surface area (Å²) in [5.74, 6) is 1.23. The number of hydrogen-bond acceptors (Lipinski definition) is 1. The van der Waals surface area contributed by atoms with Crippen LogP contribution < -0.4 is 0 Å². The highest BCUT2D eigenvalue weighted by molar-refractivity contribution is 5.64. The summed E-state index contributed by atoms with van der Waals surface area (Å²) in [6.45, 7) is 0. The van der Waals surface area contributed by atoms with E-state index in [1.807, 2.05) is 36.4 Å². The van der Waals surface area contributed by atoms with Crippen LogP contribution in [0.3, 0.4) is 0 Å². The van der Waals surface area contributed by atoms with Crippen LogP contribution in [-0.2, 0) is 6.18 Å². The number of alkyl halides is 3. The molecule has 1 nitrogen and oxygen atoms in total. The van der Waals surface area contributed by atoms with Crippen molar-refractivity contribution in [2.75, 3.05) is 0 Å². The summed E-state index contributed by atoms with van der Waals surface area (Å²) in [5, 5.41) is 0. The predicted octanol–water partition coefficient (Wildman–Crippen LogP) is 5.63. The van der Waals surface area contributed by atoms with Gasteiger partial charge in [-0.2, -0.15) is 13.2 Å². The molecule has 0 unspecified atom stereocenters. The maximum absolute atomic E-state index is 12.5. The van der Waals surface area contributed by atoms with Crippen molar-refractivity contribution in [1.29, 1.82) is 0 Å². The molecule has 0 N–H and O–H groups in total. The number of halogens is 3. The van der Waals surface area contributed by atoms with E-state index in [0.29, 0.717) is 17.1 Å². The summed E-state index contributed by atoms with van der Waals surface area (Å²) >= 11 is 0. The van der Waals surface area contributed by atoms with Crippen LogP contribution in [0.2, 0.25) is 0 Å². The second-order valence-electron chi connectivity index (χ2n) is 4.61. The van der Waals surface area contributed by atoms with E-state index >= 15 is 0 Å². The van der Waals surface area contributed by atoms with Crippen LogP contribution >= 0.6 is 0 Å². The molecule has 0 aliphatic heterocycles. The summed E-state index contributed by atoms with van der Waals surface area (Å²) in [7, 11) is 0. The molecule has 0 saturated carbocycles. The van der Waals surface area contributed by atoms with Crippen LogP contribution in [0.15, 0.2) is 71.1 Å². The van der Waals surface area contributed by atoms with Crippen molar-refractivity contribution in [3.05, 3.63) is 72.3 Å². The first-order valence-electron chi connectivity index (χ1n) is 6.37. The number of benzene rings is 2. The molecule has 4 heteroatoms. The number of hydrogen-bond donors (Lipinski definition) is 0. The SMILES string of the molecule is FC(F)(F)c1ccc(-c2ccc(-c3ccccc3)o2)cc1. The van der Waals surface area contributed by atoms with E-state index in [9.17, 15) is 13.2 Å². The van der Waals surface area contributed by atoms with E-state index in [0.717, 1.165) is 17.7 Å². The molecule has 0 bridgehead atoms. The molecule has 0 amide bonds. The van der Waals surface area contributed by atoms with Gasteiger partial charge in [0.25, 0.3) is 0 Å². The molecule has 0 atom stereocenters. The van der Waals surface area contributed by atoms with E-state index in [4.69, 9.17) is 4.42 Å². The molecule has 0 aliphatic carbocycles. The minimum Gasteiger partial charge on any atom is -0.456 e. The third-order valence-electron chi connectivity index (χ3n) is 3.16. The lowest BCUT2D eigenvalue weighted by Gasteiger charge is -2.06. The molecule has 0 spiro atoms. The minimum atomic E-state index is -4.32. The predicted molar refractivity (Wildman–Crippen MR) is 74.6 cm³/mol.